The molecule has 1 aliphatic heterocycles. The molecule has 1 fully saturated rings. The molecule has 2 rings (SSSR count). The Morgan fingerprint density at radius 3 is 2.45 bits per heavy atom. The number of piperidine rings is 1. The SMILES string of the molecule is C=C(C/C=C/C=C(F)\C=C/C)N=C(OC)C1(CC)CCN(CCC(N/C(=C/CC)OC(C)(C)C)c2ccccc2)CC1. The summed E-state index contributed by atoms with van der Waals surface area (Å²) in [6.07, 6.45) is 15.6. The van der Waals surface area contributed by atoms with E-state index in [-0.39, 0.29) is 22.9 Å². The number of hydrogen-bond acceptors (Lipinski definition) is 5. The number of benzene rings is 1. The van der Waals surface area contributed by atoms with Crippen LogP contribution in [-0.4, -0.2) is 43.1 Å². The Balaban J connectivity index is 2.06. The predicted molar refractivity (Wildman–Crippen MR) is 176 cm³/mol. The van der Waals surface area contributed by atoms with Gasteiger partial charge < -0.3 is 19.7 Å². The molecule has 6 heteroatoms. The van der Waals surface area contributed by atoms with Crippen LogP contribution < -0.4 is 5.32 Å². The maximum atomic E-state index is 13.5. The Kier molecular flexibility index (Phi) is 14.8. The quantitative estimate of drug-likeness (QED) is 0.0974. The van der Waals surface area contributed by atoms with E-state index in [1.54, 1.807) is 26.2 Å². The molecule has 1 aliphatic rings. The zero-order valence-corrected chi connectivity index (χ0v) is 27.1. The van der Waals surface area contributed by atoms with Gasteiger partial charge in [0.25, 0.3) is 0 Å². The molecule has 232 valence electrons. The molecule has 1 saturated heterocycles. The molecule has 0 radical (unpaired) electrons. The van der Waals surface area contributed by atoms with E-state index in [4.69, 9.17) is 14.5 Å². The van der Waals surface area contributed by atoms with Gasteiger partial charge in [-0.15, -0.1) is 0 Å². The van der Waals surface area contributed by atoms with Gasteiger partial charge in [-0.25, -0.2) is 9.38 Å². The molecule has 0 saturated carbocycles. The van der Waals surface area contributed by atoms with Crippen LogP contribution in [0.25, 0.3) is 0 Å². The lowest BCUT2D eigenvalue weighted by molar-refractivity contribution is 0.0355. The topological polar surface area (TPSA) is 46.1 Å². The Morgan fingerprint density at radius 2 is 1.88 bits per heavy atom. The number of aliphatic imine (C=N–C) groups is 1. The normalized spacial score (nSPS) is 18.0. The highest BCUT2D eigenvalue weighted by molar-refractivity contribution is 5.83. The maximum absolute atomic E-state index is 13.5. The second-order valence-corrected chi connectivity index (χ2v) is 11.9. The van der Waals surface area contributed by atoms with Gasteiger partial charge in [0.1, 0.15) is 11.4 Å². The summed E-state index contributed by atoms with van der Waals surface area (Å²) in [6, 6.07) is 10.8. The van der Waals surface area contributed by atoms with Crippen LogP contribution in [0.5, 0.6) is 0 Å². The summed E-state index contributed by atoms with van der Waals surface area (Å²) in [7, 11) is 1.71. The third-order valence-corrected chi connectivity index (χ3v) is 7.53. The van der Waals surface area contributed by atoms with E-state index in [2.05, 4.69) is 87.8 Å². The van der Waals surface area contributed by atoms with Crippen molar-refractivity contribution in [2.24, 2.45) is 10.4 Å². The Labute approximate surface area is 255 Å². The van der Waals surface area contributed by atoms with Crippen LogP contribution in [0.15, 0.2) is 95.8 Å². The van der Waals surface area contributed by atoms with Crippen LogP contribution in [0.4, 0.5) is 4.39 Å². The summed E-state index contributed by atoms with van der Waals surface area (Å²) < 4.78 is 25.7. The van der Waals surface area contributed by atoms with Crippen molar-refractivity contribution in [3.63, 3.8) is 0 Å². The standard InChI is InChI=1S/C36H54FN3O2/c1-9-17-31(37)22-16-15-19-29(4)38-34(41-8)36(11-3)24-27-40(28-25-36)26-23-32(30-20-13-12-14-21-30)39-33(18-10-2)42-35(5,6)7/h9,12-18,20-22,32,39H,4,10-11,19,23-28H2,1-3,5-8H3/b16-15+,17-9-,31-22+,33-18-,38-34?. The van der Waals surface area contributed by atoms with E-state index < -0.39 is 0 Å². The van der Waals surface area contributed by atoms with E-state index in [1.165, 1.54) is 17.7 Å². The van der Waals surface area contributed by atoms with Gasteiger partial charge in [-0.2, -0.15) is 0 Å². The molecule has 0 aromatic heterocycles. The summed E-state index contributed by atoms with van der Waals surface area (Å²) in [4.78, 5) is 7.36. The van der Waals surface area contributed by atoms with Crippen molar-refractivity contribution >= 4 is 5.90 Å². The number of nitrogens with zero attached hydrogens (tertiary/aromatic N) is 2. The third-order valence-electron chi connectivity index (χ3n) is 7.53. The van der Waals surface area contributed by atoms with Crippen LogP contribution in [0.2, 0.25) is 0 Å². The summed E-state index contributed by atoms with van der Waals surface area (Å²) in [5.74, 6) is 1.33. The average Bonchev–Trinajstić information content (AvgIpc) is 2.96. The van der Waals surface area contributed by atoms with E-state index in [0.29, 0.717) is 12.1 Å². The van der Waals surface area contributed by atoms with E-state index in [0.717, 1.165) is 63.5 Å². The molecule has 1 unspecified atom stereocenters. The number of likely N-dealkylation sites (tertiary alicyclic amines) is 1. The van der Waals surface area contributed by atoms with Crippen LogP contribution >= 0.6 is 0 Å². The zero-order chi connectivity index (χ0) is 31.0. The molecule has 0 aliphatic carbocycles. The summed E-state index contributed by atoms with van der Waals surface area (Å²) in [5, 5.41) is 3.71. The third kappa shape index (κ3) is 12.0. The van der Waals surface area contributed by atoms with Crippen LogP contribution in [0.1, 0.15) is 91.7 Å². The lowest BCUT2D eigenvalue weighted by Crippen LogP contribution is -2.45. The van der Waals surface area contributed by atoms with Gasteiger partial charge in [0.05, 0.1) is 13.2 Å². The smallest absolute Gasteiger partial charge is 0.194 e. The Hall–Kier alpha value is -3.12. The fourth-order valence-electron chi connectivity index (χ4n) is 5.21. The van der Waals surface area contributed by atoms with Crippen molar-refractivity contribution in [3.05, 3.63) is 96.3 Å². The number of halogens is 1. The first kappa shape index (κ1) is 35.1. The largest absolute Gasteiger partial charge is 0.484 e. The molecule has 1 aromatic rings. The molecule has 0 bridgehead atoms. The molecule has 5 nitrogen and oxygen atoms in total. The first-order valence-corrected chi connectivity index (χ1v) is 15.4. The lowest BCUT2D eigenvalue weighted by atomic mass is 9.75. The number of nitrogens with one attached hydrogen (secondary N) is 1. The molecule has 0 spiro atoms. The molecule has 1 heterocycles. The summed E-state index contributed by atoms with van der Waals surface area (Å²) >= 11 is 0. The lowest BCUT2D eigenvalue weighted by Gasteiger charge is -2.41. The van der Waals surface area contributed by atoms with E-state index in [1.807, 2.05) is 6.08 Å². The highest BCUT2D eigenvalue weighted by Crippen LogP contribution is 2.38. The van der Waals surface area contributed by atoms with Gasteiger partial charge in [-0.3, -0.25) is 0 Å². The Bertz CT molecular complexity index is 1100. The fraction of sp³-hybridized carbons (Fsp3) is 0.528. The van der Waals surface area contributed by atoms with Crippen molar-refractivity contribution < 1.29 is 13.9 Å². The first-order valence-electron chi connectivity index (χ1n) is 15.4. The highest BCUT2D eigenvalue weighted by atomic mass is 19.1. The van der Waals surface area contributed by atoms with Crippen LogP contribution in [0.3, 0.4) is 0 Å². The fourth-order valence-corrected chi connectivity index (χ4v) is 5.21. The van der Waals surface area contributed by atoms with Crippen molar-refractivity contribution in [2.75, 3.05) is 26.7 Å². The van der Waals surface area contributed by atoms with Gasteiger partial charge in [0.15, 0.2) is 11.8 Å². The van der Waals surface area contributed by atoms with Gasteiger partial charge >= 0.3 is 0 Å². The van der Waals surface area contributed by atoms with Crippen LogP contribution in [0, 0.1) is 5.41 Å². The Morgan fingerprint density at radius 1 is 1.19 bits per heavy atom. The van der Waals surface area contributed by atoms with E-state index in [9.17, 15) is 4.39 Å². The highest BCUT2D eigenvalue weighted by Gasteiger charge is 2.39. The van der Waals surface area contributed by atoms with Crippen LogP contribution in [-0.2, 0) is 9.47 Å². The van der Waals surface area contributed by atoms with Crippen molar-refractivity contribution in [1.29, 1.82) is 0 Å². The second kappa shape index (κ2) is 17.7. The molecule has 1 N–H and O–H groups in total. The number of ether oxygens (including phenoxy) is 2. The van der Waals surface area contributed by atoms with Gasteiger partial charge in [0, 0.05) is 24.1 Å². The zero-order valence-electron chi connectivity index (χ0n) is 27.1. The minimum absolute atomic E-state index is 0.107. The first-order chi connectivity index (χ1) is 20.1. The van der Waals surface area contributed by atoms with Gasteiger partial charge in [-0.05, 0) is 96.7 Å². The monoisotopic (exact) mass is 579 g/mol. The molecule has 0 amide bonds. The van der Waals surface area contributed by atoms with Crippen molar-refractivity contribution in [2.45, 2.75) is 91.7 Å². The number of methoxy groups -OCH3 is 1. The van der Waals surface area contributed by atoms with Crippen molar-refractivity contribution in [1.82, 2.24) is 10.2 Å². The molecular weight excluding hydrogens is 525 g/mol. The molecule has 1 aromatic carbocycles. The van der Waals surface area contributed by atoms with Crippen molar-refractivity contribution in [3.8, 4) is 0 Å². The predicted octanol–water partition coefficient (Wildman–Crippen LogP) is 9.20. The second-order valence-electron chi connectivity index (χ2n) is 11.9. The number of hydrogen-bond donors (Lipinski definition) is 1. The van der Waals surface area contributed by atoms with Gasteiger partial charge in [-0.1, -0.05) is 69.0 Å². The maximum Gasteiger partial charge on any atom is 0.194 e. The summed E-state index contributed by atoms with van der Waals surface area (Å²) in [5.41, 5.74) is 1.60. The minimum Gasteiger partial charge on any atom is -0.484 e. The average molecular weight is 580 g/mol. The van der Waals surface area contributed by atoms with Gasteiger partial charge in [0.2, 0.25) is 0 Å². The number of allylic oxidation sites excluding steroid dienone is 7. The summed E-state index contributed by atoms with van der Waals surface area (Å²) in [6.45, 7) is 19.5. The number of rotatable bonds is 15. The molecule has 42 heavy (non-hydrogen) atoms. The van der Waals surface area contributed by atoms with E-state index >= 15 is 0 Å². The molecular formula is C36H54FN3O2. The minimum atomic E-state index is -0.279. The molecule has 1 atom stereocenters.